The van der Waals surface area contributed by atoms with Gasteiger partial charge >= 0.3 is 0 Å². The topological polar surface area (TPSA) is 25.8 Å². The van der Waals surface area contributed by atoms with Crippen molar-refractivity contribution >= 4 is 22.5 Å². The molecule has 2 heterocycles. The Bertz CT molecular complexity index is 967. The number of pyridine rings is 2. The first-order valence-electron chi connectivity index (χ1n) is 7.37. The number of rotatable bonds is 2. The summed E-state index contributed by atoms with van der Waals surface area (Å²) in [4.78, 5) is 9.03. The largest absolute Gasteiger partial charge is 0.264 e. The molecular formula is C20H13ClN2. The lowest BCUT2D eigenvalue weighted by Crippen LogP contribution is -1.90. The first-order chi connectivity index (χ1) is 11.3. The summed E-state index contributed by atoms with van der Waals surface area (Å²) in [7, 11) is 0. The maximum absolute atomic E-state index is 6.16. The summed E-state index contributed by atoms with van der Waals surface area (Å²) >= 11 is 6.16. The molecule has 2 aromatic heterocycles. The first kappa shape index (κ1) is 13.9. The molecule has 3 heteroatoms. The zero-order chi connectivity index (χ0) is 15.6. The van der Waals surface area contributed by atoms with Crippen LogP contribution in [0.1, 0.15) is 0 Å². The van der Waals surface area contributed by atoms with E-state index in [9.17, 15) is 0 Å². The third kappa shape index (κ3) is 2.69. The average molecular weight is 317 g/mol. The summed E-state index contributed by atoms with van der Waals surface area (Å²) in [6.45, 7) is 0. The highest BCUT2D eigenvalue weighted by atomic mass is 35.5. The molecule has 0 aliphatic heterocycles. The Kier molecular flexibility index (Phi) is 3.52. The van der Waals surface area contributed by atoms with Crippen molar-refractivity contribution in [1.29, 1.82) is 0 Å². The third-order valence-corrected chi connectivity index (χ3v) is 4.05. The Morgan fingerprint density at radius 1 is 0.783 bits per heavy atom. The molecule has 0 unspecified atom stereocenters. The SMILES string of the molecule is Clc1ccc2c(-c3cccnc3)cc(-c3ccccc3)nc2c1. The van der Waals surface area contributed by atoms with Crippen LogP contribution in [0.3, 0.4) is 0 Å². The van der Waals surface area contributed by atoms with Crippen LogP contribution in [0.15, 0.2) is 79.1 Å². The monoisotopic (exact) mass is 316 g/mol. The minimum Gasteiger partial charge on any atom is -0.264 e. The van der Waals surface area contributed by atoms with E-state index < -0.39 is 0 Å². The molecule has 0 spiro atoms. The molecule has 4 aromatic rings. The Hall–Kier alpha value is -2.71. The standard InChI is InChI=1S/C20H13ClN2/c21-16-8-9-17-18(15-7-4-10-22-13-15)12-19(23-20(17)11-16)14-5-2-1-3-6-14/h1-13H. The van der Waals surface area contributed by atoms with E-state index >= 15 is 0 Å². The molecule has 23 heavy (non-hydrogen) atoms. The van der Waals surface area contributed by atoms with Gasteiger partial charge < -0.3 is 0 Å². The average Bonchev–Trinajstić information content (AvgIpc) is 2.62. The van der Waals surface area contributed by atoms with Gasteiger partial charge in [-0.2, -0.15) is 0 Å². The van der Waals surface area contributed by atoms with Gasteiger partial charge in [-0.3, -0.25) is 4.98 Å². The summed E-state index contributed by atoms with van der Waals surface area (Å²) < 4.78 is 0. The fourth-order valence-electron chi connectivity index (χ4n) is 2.72. The summed E-state index contributed by atoms with van der Waals surface area (Å²) in [5.74, 6) is 0. The Labute approximate surface area is 139 Å². The van der Waals surface area contributed by atoms with Gasteiger partial charge in [-0.1, -0.05) is 54.1 Å². The van der Waals surface area contributed by atoms with Gasteiger partial charge in [-0.15, -0.1) is 0 Å². The molecule has 0 saturated heterocycles. The molecule has 110 valence electrons. The van der Waals surface area contributed by atoms with Crippen LogP contribution < -0.4 is 0 Å². The van der Waals surface area contributed by atoms with Crippen molar-refractivity contribution in [3.63, 3.8) is 0 Å². The molecule has 0 aliphatic rings. The summed E-state index contributed by atoms with van der Waals surface area (Å²) in [5, 5.41) is 1.76. The van der Waals surface area contributed by atoms with E-state index in [0.717, 1.165) is 33.3 Å². The van der Waals surface area contributed by atoms with Gasteiger partial charge in [-0.25, -0.2) is 4.98 Å². The Morgan fingerprint density at radius 2 is 1.61 bits per heavy atom. The van der Waals surface area contributed by atoms with Gasteiger partial charge in [0.05, 0.1) is 11.2 Å². The molecule has 0 amide bonds. The third-order valence-electron chi connectivity index (χ3n) is 3.81. The minimum absolute atomic E-state index is 0.687. The molecule has 0 atom stereocenters. The van der Waals surface area contributed by atoms with Crippen LogP contribution in [-0.2, 0) is 0 Å². The van der Waals surface area contributed by atoms with Crippen LogP contribution >= 0.6 is 11.6 Å². The number of benzene rings is 2. The van der Waals surface area contributed by atoms with Crippen LogP contribution in [-0.4, -0.2) is 9.97 Å². The highest BCUT2D eigenvalue weighted by molar-refractivity contribution is 6.31. The summed E-state index contributed by atoms with van der Waals surface area (Å²) in [6, 6.07) is 22.1. The van der Waals surface area contributed by atoms with Gasteiger partial charge in [-0.05, 0) is 29.8 Å². The maximum atomic E-state index is 6.16. The molecule has 0 N–H and O–H groups in total. The predicted octanol–water partition coefficient (Wildman–Crippen LogP) is 5.62. The number of fused-ring (bicyclic) bond motifs is 1. The maximum Gasteiger partial charge on any atom is 0.0730 e. The molecule has 2 aromatic carbocycles. The number of hydrogen-bond donors (Lipinski definition) is 0. The highest BCUT2D eigenvalue weighted by Gasteiger charge is 2.10. The van der Waals surface area contributed by atoms with E-state index in [2.05, 4.69) is 29.2 Å². The summed E-state index contributed by atoms with van der Waals surface area (Å²) in [5.41, 5.74) is 5.08. The number of aromatic nitrogens is 2. The number of hydrogen-bond acceptors (Lipinski definition) is 2. The van der Waals surface area contributed by atoms with Crippen molar-refractivity contribution in [2.24, 2.45) is 0 Å². The van der Waals surface area contributed by atoms with Crippen molar-refractivity contribution < 1.29 is 0 Å². The van der Waals surface area contributed by atoms with Crippen LogP contribution in [0.2, 0.25) is 5.02 Å². The lowest BCUT2D eigenvalue weighted by atomic mass is 9.99. The van der Waals surface area contributed by atoms with Crippen molar-refractivity contribution in [2.75, 3.05) is 0 Å². The van der Waals surface area contributed by atoms with E-state index in [-0.39, 0.29) is 0 Å². The van der Waals surface area contributed by atoms with Gasteiger partial charge in [0.1, 0.15) is 0 Å². The Morgan fingerprint density at radius 3 is 2.39 bits per heavy atom. The normalized spacial score (nSPS) is 10.8. The van der Waals surface area contributed by atoms with Crippen molar-refractivity contribution in [3.05, 3.63) is 84.1 Å². The van der Waals surface area contributed by atoms with Crippen molar-refractivity contribution in [1.82, 2.24) is 9.97 Å². The van der Waals surface area contributed by atoms with E-state index in [0.29, 0.717) is 5.02 Å². The lowest BCUT2D eigenvalue weighted by molar-refractivity contribution is 1.33. The van der Waals surface area contributed by atoms with E-state index in [1.54, 1.807) is 6.20 Å². The second-order valence-electron chi connectivity index (χ2n) is 5.32. The minimum atomic E-state index is 0.687. The lowest BCUT2D eigenvalue weighted by Gasteiger charge is -2.10. The fraction of sp³-hybridized carbons (Fsp3) is 0. The smallest absolute Gasteiger partial charge is 0.0730 e. The zero-order valence-electron chi connectivity index (χ0n) is 12.3. The molecular weight excluding hydrogens is 304 g/mol. The molecule has 4 rings (SSSR count). The fourth-order valence-corrected chi connectivity index (χ4v) is 2.89. The quantitative estimate of drug-likeness (QED) is 0.480. The van der Waals surface area contributed by atoms with Crippen LogP contribution in [0.4, 0.5) is 0 Å². The number of nitrogens with zero attached hydrogens (tertiary/aromatic N) is 2. The van der Waals surface area contributed by atoms with E-state index in [1.165, 1.54) is 0 Å². The molecule has 0 aliphatic carbocycles. The predicted molar refractivity (Wildman–Crippen MR) is 95.4 cm³/mol. The molecule has 2 nitrogen and oxygen atoms in total. The molecule has 0 fully saturated rings. The van der Waals surface area contributed by atoms with Crippen LogP contribution in [0, 0.1) is 0 Å². The second-order valence-corrected chi connectivity index (χ2v) is 5.76. The highest BCUT2D eigenvalue weighted by Crippen LogP contribution is 2.32. The van der Waals surface area contributed by atoms with Gasteiger partial charge in [0.25, 0.3) is 0 Å². The van der Waals surface area contributed by atoms with Crippen LogP contribution in [0.5, 0.6) is 0 Å². The van der Waals surface area contributed by atoms with Gasteiger partial charge in [0.15, 0.2) is 0 Å². The zero-order valence-corrected chi connectivity index (χ0v) is 13.0. The summed E-state index contributed by atoms with van der Waals surface area (Å²) in [6.07, 6.45) is 3.65. The van der Waals surface area contributed by atoms with E-state index in [1.807, 2.05) is 48.7 Å². The molecule has 0 bridgehead atoms. The number of halogens is 1. The van der Waals surface area contributed by atoms with Gasteiger partial charge in [0, 0.05) is 33.9 Å². The first-order valence-corrected chi connectivity index (χ1v) is 7.75. The molecule has 0 saturated carbocycles. The van der Waals surface area contributed by atoms with E-state index in [4.69, 9.17) is 16.6 Å². The molecule has 0 radical (unpaired) electrons. The Balaban J connectivity index is 2.03. The second kappa shape index (κ2) is 5.82. The van der Waals surface area contributed by atoms with Crippen molar-refractivity contribution in [3.8, 4) is 22.4 Å². The van der Waals surface area contributed by atoms with Crippen LogP contribution in [0.25, 0.3) is 33.3 Å². The van der Waals surface area contributed by atoms with Crippen molar-refractivity contribution in [2.45, 2.75) is 0 Å². The van der Waals surface area contributed by atoms with Gasteiger partial charge in [0.2, 0.25) is 0 Å².